The Morgan fingerprint density at radius 3 is 2.44 bits per heavy atom. The Kier molecular flexibility index (Phi) is 7.13. The van der Waals surface area contributed by atoms with E-state index in [0.717, 1.165) is 6.07 Å². The summed E-state index contributed by atoms with van der Waals surface area (Å²) in [6, 6.07) is 6.06. The molecule has 1 atom stereocenters. The maximum Gasteiger partial charge on any atom is 0.401 e. The van der Waals surface area contributed by atoms with Crippen molar-refractivity contribution in [2.45, 2.75) is 25.7 Å². The first-order valence-corrected chi connectivity index (χ1v) is 10.8. The molecule has 182 valence electrons. The Labute approximate surface area is 193 Å². The van der Waals surface area contributed by atoms with Crippen molar-refractivity contribution >= 4 is 22.5 Å². The first kappa shape index (κ1) is 24.1. The Morgan fingerprint density at radius 1 is 1.06 bits per heavy atom. The summed E-state index contributed by atoms with van der Waals surface area (Å²) < 4.78 is 70.5. The molecule has 6 nitrogen and oxygen atoms in total. The van der Waals surface area contributed by atoms with E-state index in [1.54, 1.807) is 25.3 Å². The maximum absolute atomic E-state index is 13.7. The van der Waals surface area contributed by atoms with E-state index in [2.05, 4.69) is 15.6 Å². The highest BCUT2D eigenvalue weighted by Gasteiger charge is 2.26. The van der Waals surface area contributed by atoms with E-state index in [9.17, 15) is 22.0 Å². The van der Waals surface area contributed by atoms with Crippen molar-refractivity contribution in [2.24, 2.45) is 0 Å². The minimum Gasteiger partial charge on any atom is -0.378 e. The summed E-state index contributed by atoms with van der Waals surface area (Å²) >= 11 is 0. The third-order valence-electron chi connectivity index (χ3n) is 5.43. The molecule has 4 rings (SSSR count). The Balaban J connectivity index is 1.69. The van der Waals surface area contributed by atoms with E-state index in [1.165, 1.54) is 12.1 Å². The smallest absolute Gasteiger partial charge is 0.378 e. The molecule has 1 aliphatic heterocycles. The van der Waals surface area contributed by atoms with Crippen LogP contribution < -0.4 is 15.5 Å². The topological polar surface area (TPSA) is 62.3 Å². The molecule has 0 spiro atoms. The molecule has 1 unspecified atom stereocenters. The van der Waals surface area contributed by atoms with E-state index in [0.29, 0.717) is 54.3 Å². The molecule has 1 aliphatic rings. The molecule has 2 N–H and O–H groups in total. The predicted molar refractivity (Wildman–Crippen MR) is 119 cm³/mol. The van der Waals surface area contributed by atoms with Crippen LogP contribution in [-0.2, 0) is 11.3 Å². The number of morpholine rings is 1. The number of hydrogen-bond acceptors (Lipinski definition) is 6. The van der Waals surface area contributed by atoms with Crippen molar-refractivity contribution < 1.29 is 26.7 Å². The molecule has 2 heterocycles. The molecule has 2 aromatic carbocycles. The van der Waals surface area contributed by atoms with Crippen molar-refractivity contribution in [1.29, 1.82) is 0 Å². The second-order valence-corrected chi connectivity index (χ2v) is 8.12. The van der Waals surface area contributed by atoms with E-state index in [1.807, 2.05) is 4.90 Å². The number of nitrogens with one attached hydrogen (secondary N) is 2. The number of anilines is 2. The summed E-state index contributed by atoms with van der Waals surface area (Å²) in [7, 11) is 0. The van der Waals surface area contributed by atoms with E-state index in [-0.39, 0.29) is 12.2 Å². The number of halogens is 5. The average molecular weight is 481 g/mol. The van der Waals surface area contributed by atoms with Crippen molar-refractivity contribution in [3.8, 4) is 0 Å². The summed E-state index contributed by atoms with van der Waals surface area (Å²) in [6.45, 7) is 3.08. The number of nitrogens with zero attached hydrogens (tertiary/aromatic N) is 3. The number of rotatable bonds is 7. The second kappa shape index (κ2) is 10.1. The van der Waals surface area contributed by atoms with Crippen LogP contribution in [0.5, 0.6) is 0 Å². The molecular formula is C23H24F5N5O. The van der Waals surface area contributed by atoms with Crippen LogP contribution in [0.4, 0.5) is 33.5 Å². The minimum atomic E-state index is -4.33. The lowest BCUT2D eigenvalue weighted by Gasteiger charge is -2.28. The van der Waals surface area contributed by atoms with Crippen LogP contribution in [0.3, 0.4) is 0 Å². The van der Waals surface area contributed by atoms with Crippen LogP contribution in [0, 0.1) is 11.6 Å². The van der Waals surface area contributed by atoms with Crippen LogP contribution in [0.2, 0.25) is 0 Å². The Hall–Kier alpha value is -3.05. The summed E-state index contributed by atoms with van der Waals surface area (Å²) in [5.74, 6) is -0.790. The zero-order valence-corrected chi connectivity index (χ0v) is 18.4. The normalized spacial score (nSPS) is 15.5. The van der Waals surface area contributed by atoms with E-state index in [4.69, 9.17) is 9.72 Å². The molecule has 1 aromatic heterocycles. The zero-order valence-electron chi connectivity index (χ0n) is 18.4. The van der Waals surface area contributed by atoms with Crippen LogP contribution in [0.1, 0.15) is 24.1 Å². The number of ether oxygens (including phenoxy) is 1. The van der Waals surface area contributed by atoms with Crippen LogP contribution in [0.15, 0.2) is 36.5 Å². The maximum atomic E-state index is 13.7. The first-order chi connectivity index (χ1) is 16.2. The van der Waals surface area contributed by atoms with Crippen LogP contribution in [0.25, 0.3) is 11.0 Å². The monoisotopic (exact) mass is 481 g/mol. The quantitative estimate of drug-likeness (QED) is 0.482. The molecule has 0 radical (unpaired) electrons. The van der Waals surface area contributed by atoms with Gasteiger partial charge in [0.2, 0.25) is 0 Å². The molecule has 11 heteroatoms. The molecule has 0 bridgehead atoms. The summed E-state index contributed by atoms with van der Waals surface area (Å²) in [5, 5.41) is 5.44. The van der Waals surface area contributed by atoms with Gasteiger partial charge in [-0.05, 0) is 30.7 Å². The van der Waals surface area contributed by atoms with Gasteiger partial charge in [-0.25, -0.2) is 13.8 Å². The summed E-state index contributed by atoms with van der Waals surface area (Å²) in [5.41, 5.74) is 2.53. The van der Waals surface area contributed by atoms with Gasteiger partial charge in [-0.2, -0.15) is 13.2 Å². The summed E-state index contributed by atoms with van der Waals surface area (Å²) in [6.07, 6.45) is -2.70. The van der Waals surface area contributed by atoms with Crippen LogP contribution >= 0.6 is 0 Å². The van der Waals surface area contributed by atoms with Crippen LogP contribution in [-0.4, -0.2) is 49.0 Å². The molecule has 0 aliphatic carbocycles. The number of hydrogen-bond donors (Lipinski definition) is 2. The van der Waals surface area contributed by atoms with Gasteiger partial charge in [-0.3, -0.25) is 4.98 Å². The average Bonchev–Trinajstić information content (AvgIpc) is 2.77. The van der Waals surface area contributed by atoms with Gasteiger partial charge in [0.25, 0.3) is 0 Å². The molecule has 0 amide bonds. The molecule has 1 saturated heterocycles. The highest BCUT2D eigenvalue weighted by molar-refractivity contribution is 5.81. The van der Waals surface area contributed by atoms with Crippen molar-refractivity contribution in [3.63, 3.8) is 0 Å². The lowest BCUT2D eigenvalue weighted by molar-refractivity contribution is -0.125. The first-order valence-electron chi connectivity index (χ1n) is 10.8. The fourth-order valence-corrected chi connectivity index (χ4v) is 3.88. The third kappa shape index (κ3) is 6.09. The van der Waals surface area contributed by atoms with Gasteiger partial charge < -0.3 is 20.3 Å². The third-order valence-corrected chi connectivity index (χ3v) is 5.43. The van der Waals surface area contributed by atoms with Gasteiger partial charge in [0.05, 0.1) is 43.0 Å². The molecule has 0 saturated carbocycles. The van der Waals surface area contributed by atoms with Gasteiger partial charge in [-0.1, -0.05) is 6.07 Å². The van der Waals surface area contributed by atoms with Crippen molar-refractivity contribution in [1.82, 2.24) is 15.3 Å². The highest BCUT2D eigenvalue weighted by atomic mass is 19.4. The Morgan fingerprint density at radius 2 is 1.76 bits per heavy atom. The number of benzene rings is 2. The zero-order chi connectivity index (χ0) is 24.3. The van der Waals surface area contributed by atoms with Gasteiger partial charge in [0.1, 0.15) is 17.5 Å². The van der Waals surface area contributed by atoms with Crippen molar-refractivity contribution in [2.75, 3.05) is 43.1 Å². The Bertz CT molecular complexity index is 1130. The minimum absolute atomic E-state index is 0.0311. The number of alkyl halides is 3. The molecule has 3 aromatic rings. The van der Waals surface area contributed by atoms with E-state index < -0.39 is 30.4 Å². The van der Waals surface area contributed by atoms with Gasteiger partial charge in [0, 0.05) is 37.0 Å². The molecule has 34 heavy (non-hydrogen) atoms. The standard InChI is InChI=1S/C23H24F5N5O/c1-14(31-18-9-16(24)8-17(25)10-18)19-6-15(11-29-13-23(26,27)28)7-20-22(19)32-21(12-30-20)33-2-4-34-5-3-33/h6-10,12,14,29,31H,2-5,11,13H2,1H3. The summed E-state index contributed by atoms with van der Waals surface area (Å²) in [4.78, 5) is 11.3. The van der Waals surface area contributed by atoms with Gasteiger partial charge in [-0.15, -0.1) is 0 Å². The SMILES string of the molecule is CC(Nc1cc(F)cc(F)c1)c1cc(CNCC(F)(F)F)cc2ncc(N3CCOCC3)nc12. The molecular weight excluding hydrogens is 457 g/mol. The van der Waals surface area contributed by atoms with Crippen molar-refractivity contribution in [3.05, 3.63) is 59.3 Å². The fraction of sp³-hybridized carbons (Fsp3) is 0.391. The van der Waals surface area contributed by atoms with Gasteiger partial charge >= 0.3 is 6.18 Å². The largest absolute Gasteiger partial charge is 0.401 e. The molecule has 1 fully saturated rings. The fourth-order valence-electron chi connectivity index (χ4n) is 3.88. The van der Waals surface area contributed by atoms with Gasteiger partial charge in [0.15, 0.2) is 0 Å². The lowest BCUT2D eigenvalue weighted by Crippen LogP contribution is -2.36. The number of aromatic nitrogens is 2. The second-order valence-electron chi connectivity index (χ2n) is 8.12. The number of fused-ring (bicyclic) bond motifs is 1. The lowest BCUT2D eigenvalue weighted by atomic mass is 10.0. The highest BCUT2D eigenvalue weighted by Crippen LogP contribution is 2.29. The van der Waals surface area contributed by atoms with E-state index >= 15 is 0 Å². The predicted octanol–water partition coefficient (Wildman–Crippen LogP) is 4.57.